The number of rotatable bonds is 37. The van der Waals surface area contributed by atoms with Crippen LogP contribution in [0.5, 0.6) is 0 Å². The van der Waals surface area contributed by atoms with Gasteiger partial charge in [0.05, 0.1) is 6.61 Å². The Hall–Kier alpha value is -2.97. The molecule has 63 heavy (non-hydrogen) atoms. The fourth-order valence-corrected chi connectivity index (χ4v) is 7.43. The van der Waals surface area contributed by atoms with E-state index in [9.17, 15) is 44.6 Å². The first-order valence-corrected chi connectivity index (χ1v) is 24.9. The molecule has 1 aliphatic rings. The van der Waals surface area contributed by atoms with Crippen molar-refractivity contribution in [2.75, 3.05) is 13.2 Å². The molecule has 0 radical (unpaired) electrons. The molecule has 0 aromatic rings. The quantitative estimate of drug-likeness (QED) is 0.0149. The normalized spacial score (nSPS) is 22.5. The van der Waals surface area contributed by atoms with Gasteiger partial charge in [0, 0.05) is 12.8 Å². The van der Waals surface area contributed by atoms with E-state index in [1.54, 1.807) is 0 Å². The molecular weight excluding hydrogens is 827 g/mol. The largest absolute Gasteiger partial charge is 0.472 e. The highest BCUT2D eigenvalue weighted by Gasteiger charge is 2.51. The zero-order chi connectivity index (χ0) is 46.4. The minimum atomic E-state index is -5.14. The number of esters is 2. The van der Waals surface area contributed by atoms with Crippen molar-refractivity contribution < 1.29 is 63.1 Å². The van der Waals surface area contributed by atoms with Crippen LogP contribution < -0.4 is 0 Å². The minimum absolute atomic E-state index is 0.0503. The molecule has 14 heteroatoms. The fourth-order valence-electron chi connectivity index (χ4n) is 6.46. The molecule has 0 aliphatic heterocycles. The van der Waals surface area contributed by atoms with Crippen LogP contribution in [0.4, 0.5) is 0 Å². The first-order valence-electron chi connectivity index (χ1n) is 23.4. The second kappa shape index (κ2) is 38.3. The summed E-state index contributed by atoms with van der Waals surface area (Å²) in [5.41, 5.74) is 0. The minimum Gasteiger partial charge on any atom is -0.462 e. The topological polar surface area (TPSA) is 210 Å². The Morgan fingerprint density at radius 2 is 0.905 bits per heavy atom. The summed E-state index contributed by atoms with van der Waals surface area (Å²) < 4.78 is 33.5. The molecule has 1 fully saturated rings. The van der Waals surface area contributed by atoms with Crippen LogP contribution in [0, 0.1) is 0 Å². The van der Waals surface area contributed by atoms with E-state index in [0.717, 1.165) is 96.3 Å². The van der Waals surface area contributed by atoms with Crippen LogP contribution in [0.1, 0.15) is 155 Å². The smallest absolute Gasteiger partial charge is 0.462 e. The summed E-state index contributed by atoms with van der Waals surface area (Å²) in [6.45, 7) is 3.11. The summed E-state index contributed by atoms with van der Waals surface area (Å²) in [6.07, 6.45) is 36.3. The van der Waals surface area contributed by atoms with Gasteiger partial charge in [0.15, 0.2) is 6.10 Å². The molecule has 0 saturated heterocycles. The first-order chi connectivity index (χ1) is 30.4. The lowest BCUT2D eigenvalue weighted by molar-refractivity contribution is -0.220. The van der Waals surface area contributed by atoms with Crippen molar-refractivity contribution in [2.45, 2.75) is 198 Å². The number of allylic oxidation sites excluding steroid dienone is 14. The van der Waals surface area contributed by atoms with E-state index in [0.29, 0.717) is 12.8 Å². The Labute approximate surface area is 378 Å². The van der Waals surface area contributed by atoms with Crippen molar-refractivity contribution in [3.05, 3.63) is 85.1 Å². The molecule has 0 heterocycles. The van der Waals surface area contributed by atoms with Gasteiger partial charge in [0.1, 0.15) is 43.2 Å². The standard InChI is InChI=1S/C49H81O13P/c1-3-5-7-9-11-13-15-17-19-20-21-22-24-26-28-30-32-34-36-38-43(51)61-41(40-60-63(57,58)62-49-47(55)45(53)44(52)46(54)48(49)56)39-59-42(50)37-35-33-31-29-27-25-23-18-16-14-12-10-8-6-4-2/h6,8,11-14,17-19,21-23,26,28,41,44-49,52-56H,3-5,7,9-10,15-16,20,24-25,27,29-40H2,1-2H3,(H,57,58)/b8-6-,13-11-,14-12-,19-17-,22-21-,23-18-,28-26-/t41-,44?,45-,46?,47?,48?,49?/m1/s1. The third-order valence-electron chi connectivity index (χ3n) is 10.2. The van der Waals surface area contributed by atoms with Crippen LogP contribution in [0.15, 0.2) is 85.1 Å². The van der Waals surface area contributed by atoms with Crippen molar-refractivity contribution in [3.8, 4) is 0 Å². The third kappa shape index (κ3) is 30.7. The number of aliphatic hydroxyl groups is 5. The van der Waals surface area contributed by atoms with Crippen molar-refractivity contribution in [1.82, 2.24) is 0 Å². The van der Waals surface area contributed by atoms with Gasteiger partial charge in [-0.3, -0.25) is 18.6 Å². The van der Waals surface area contributed by atoms with Crippen molar-refractivity contribution >= 4 is 19.8 Å². The maximum atomic E-state index is 12.8. The average Bonchev–Trinajstić information content (AvgIpc) is 3.26. The molecule has 1 saturated carbocycles. The molecule has 6 unspecified atom stereocenters. The molecule has 0 amide bonds. The van der Waals surface area contributed by atoms with E-state index in [1.165, 1.54) is 19.3 Å². The monoisotopic (exact) mass is 909 g/mol. The molecule has 0 aromatic carbocycles. The van der Waals surface area contributed by atoms with Crippen LogP contribution in [-0.2, 0) is 32.7 Å². The van der Waals surface area contributed by atoms with E-state index in [2.05, 4.69) is 98.9 Å². The van der Waals surface area contributed by atoms with E-state index < -0.39 is 75.7 Å². The van der Waals surface area contributed by atoms with Crippen LogP contribution in [0.3, 0.4) is 0 Å². The number of carbonyl (C=O) groups is 2. The van der Waals surface area contributed by atoms with E-state index in [4.69, 9.17) is 18.5 Å². The summed E-state index contributed by atoms with van der Waals surface area (Å²) in [7, 11) is -5.14. The Bertz CT molecular complexity index is 1420. The number of ether oxygens (including phenoxy) is 2. The number of hydrogen-bond acceptors (Lipinski definition) is 12. The zero-order valence-corrected chi connectivity index (χ0v) is 39.0. The fraction of sp³-hybridized carbons (Fsp3) is 0.673. The third-order valence-corrected chi connectivity index (χ3v) is 11.2. The van der Waals surface area contributed by atoms with E-state index in [-0.39, 0.29) is 12.8 Å². The summed E-state index contributed by atoms with van der Waals surface area (Å²) in [6, 6.07) is 0. The van der Waals surface area contributed by atoms with Gasteiger partial charge in [0.2, 0.25) is 0 Å². The summed E-state index contributed by atoms with van der Waals surface area (Å²) in [5, 5.41) is 50.2. The number of aliphatic hydroxyl groups excluding tert-OH is 5. The maximum Gasteiger partial charge on any atom is 0.472 e. The molecule has 6 N–H and O–H groups in total. The Balaban J connectivity index is 2.50. The Morgan fingerprint density at radius 1 is 0.508 bits per heavy atom. The highest BCUT2D eigenvalue weighted by molar-refractivity contribution is 7.47. The van der Waals surface area contributed by atoms with Gasteiger partial charge in [0.25, 0.3) is 0 Å². The molecule has 13 nitrogen and oxygen atoms in total. The predicted molar refractivity (Wildman–Crippen MR) is 248 cm³/mol. The van der Waals surface area contributed by atoms with Gasteiger partial charge >= 0.3 is 19.8 Å². The highest BCUT2D eigenvalue weighted by atomic mass is 31.2. The van der Waals surface area contributed by atoms with Crippen LogP contribution in [-0.4, -0.2) is 98.3 Å². The second-order valence-electron chi connectivity index (χ2n) is 15.9. The predicted octanol–water partition coefficient (Wildman–Crippen LogP) is 9.28. The molecule has 0 bridgehead atoms. The van der Waals surface area contributed by atoms with Crippen LogP contribution in [0.2, 0.25) is 0 Å². The van der Waals surface area contributed by atoms with Crippen molar-refractivity contribution in [3.63, 3.8) is 0 Å². The second-order valence-corrected chi connectivity index (χ2v) is 17.3. The van der Waals surface area contributed by atoms with Gasteiger partial charge in [-0.25, -0.2) is 4.57 Å². The number of hydrogen-bond donors (Lipinski definition) is 6. The molecular formula is C49H81O13P. The lowest BCUT2D eigenvalue weighted by Gasteiger charge is -2.41. The van der Waals surface area contributed by atoms with Gasteiger partial charge in [-0.2, -0.15) is 0 Å². The van der Waals surface area contributed by atoms with Gasteiger partial charge in [-0.05, 0) is 89.9 Å². The summed E-state index contributed by atoms with van der Waals surface area (Å²) in [4.78, 5) is 35.7. The van der Waals surface area contributed by atoms with E-state index >= 15 is 0 Å². The summed E-state index contributed by atoms with van der Waals surface area (Å²) >= 11 is 0. The highest BCUT2D eigenvalue weighted by Crippen LogP contribution is 2.47. The molecule has 1 aliphatic carbocycles. The average molecular weight is 909 g/mol. The first kappa shape index (κ1) is 58.0. The number of carbonyl (C=O) groups excluding carboxylic acids is 2. The Morgan fingerprint density at radius 3 is 1.40 bits per heavy atom. The molecule has 0 aromatic heterocycles. The molecule has 0 spiro atoms. The SMILES string of the molecule is CC/C=C\C/C=C\C/C=C\CCCCCCCC(=O)OC[C@H](COP(=O)(O)OC1C(O)C(O)C(O)[C@@H](O)C1O)OC(=O)CCCCC/C=C\C/C=C\C/C=C\C/C=C\CCCCC. The molecule has 8 atom stereocenters. The lowest BCUT2D eigenvalue weighted by Crippen LogP contribution is -2.64. The molecule has 1 rings (SSSR count). The van der Waals surface area contributed by atoms with Gasteiger partial charge in [-0.15, -0.1) is 0 Å². The van der Waals surface area contributed by atoms with Crippen LogP contribution in [0.25, 0.3) is 0 Å². The van der Waals surface area contributed by atoms with E-state index in [1.807, 2.05) is 0 Å². The number of unbranched alkanes of at least 4 members (excludes halogenated alkanes) is 11. The number of phosphoric ester groups is 1. The summed E-state index contributed by atoms with van der Waals surface area (Å²) in [5.74, 6) is -1.16. The van der Waals surface area contributed by atoms with Gasteiger partial charge in [-0.1, -0.05) is 137 Å². The van der Waals surface area contributed by atoms with Crippen LogP contribution >= 0.6 is 7.82 Å². The Kier molecular flexibility index (Phi) is 35.3. The van der Waals surface area contributed by atoms with Crippen molar-refractivity contribution in [2.24, 2.45) is 0 Å². The maximum absolute atomic E-state index is 12.8. The van der Waals surface area contributed by atoms with Gasteiger partial charge < -0.3 is 39.9 Å². The molecule has 360 valence electrons. The van der Waals surface area contributed by atoms with Crippen molar-refractivity contribution in [1.29, 1.82) is 0 Å². The zero-order valence-electron chi connectivity index (χ0n) is 38.1. The lowest BCUT2D eigenvalue weighted by atomic mass is 9.85. The number of phosphoric acid groups is 1.